The molecular weight excluding hydrogens is 526 g/mol. The third-order valence-corrected chi connectivity index (χ3v) is 6.61. The third-order valence-electron chi connectivity index (χ3n) is 6.61. The first-order valence-electron chi connectivity index (χ1n) is 13.5. The Morgan fingerprint density at radius 2 is 1.68 bits per heavy atom. The Bertz CT molecular complexity index is 1340. The molecule has 0 aromatic heterocycles. The SMILES string of the molecule is O=C(O)CCc1ccccc1NC(=O)[C@H](CCCNC(=O)OCc1ccccc1)NC(=O)C1Cc2ccccc2O1. The Hall–Kier alpha value is -4.86. The molecule has 1 unspecified atom stereocenters. The van der Waals surface area contributed by atoms with Crippen LogP contribution >= 0.6 is 0 Å². The molecule has 10 heteroatoms. The standard InChI is InChI=1S/C31H33N3O7/c35-28(36)17-16-22-11-4-6-13-24(22)33-29(37)25(34-30(38)27-19-23-12-5-7-15-26(23)41-27)14-8-18-32-31(39)40-20-21-9-2-1-3-10-21/h1-7,9-13,15,25,27H,8,14,16-20H2,(H,32,39)(H,33,37)(H,34,38)(H,35,36)/t25-,27?/m0/s1. The van der Waals surface area contributed by atoms with Gasteiger partial charge in [0.05, 0.1) is 0 Å². The molecule has 0 bridgehead atoms. The van der Waals surface area contributed by atoms with E-state index in [1.165, 1.54) is 0 Å². The highest BCUT2D eigenvalue weighted by molar-refractivity contribution is 5.98. The molecule has 1 aliphatic rings. The number of hydrogen-bond acceptors (Lipinski definition) is 6. The van der Waals surface area contributed by atoms with Gasteiger partial charge < -0.3 is 30.5 Å². The zero-order chi connectivity index (χ0) is 29.0. The lowest BCUT2D eigenvalue weighted by Crippen LogP contribution is -2.49. The highest BCUT2D eigenvalue weighted by Crippen LogP contribution is 2.28. The molecule has 1 heterocycles. The van der Waals surface area contributed by atoms with E-state index >= 15 is 0 Å². The minimum Gasteiger partial charge on any atom is -0.481 e. The maximum atomic E-state index is 13.4. The first kappa shape index (κ1) is 29.1. The molecule has 0 spiro atoms. The van der Waals surface area contributed by atoms with Crippen molar-refractivity contribution in [2.75, 3.05) is 11.9 Å². The lowest BCUT2D eigenvalue weighted by atomic mass is 10.1. The van der Waals surface area contributed by atoms with Gasteiger partial charge in [-0.1, -0.05) is 66.7 Å². The van der Waals surface area contributed by atoms with Crippen LogP contribution in [0.2, 0.25) is 0 Å². The van der Waals surface area contributed by atoms with Crippen LogP contribution in [-0.4, -0.2) is 47.7 Å². The number of carboxylic acids is 1. The molecule has 3 amide bonds. The molecule has 4 rings (SSSR count). The molecule has 10 nitrogen and oxygen atoms in total. The van der Waals surface area contributed by atoms with Crippen molar-refractivity contribution in [1.82, 2.24) is 10.6 Å². The third kappa shape index (κ3) is 8.82. The second kappa shape index (κ2) is 14.5. The topological polar surface area (TPSA) is 143 Å². The first-order chi connectivity index (χ1) is 19.9. The van der Waals surface area contributed by atoms with Gasteiger partial charge in [0.1, 0.15) is 18.4 Å². The number of nitrogens with one attached hydrogen (secondary N) is 3. The van der Waals surface area contributed by atoms with Gasteiger partial charge >= 0.3 is 12.1 Å². The number of amides is 3. The molecule has 214 valence electrons. The average molecular weight is 560 g/mol. The van der Waals surface area contributed by atoms with E-state index in [0.717, 1.165) is 11.1 Å². The Kier molecular flexibility index (Phi) is 10.3. The quantitative estimate of drug-likeness (QED) is 0.233. The average Bonchev–Trinajstić information content (AvgIpc) is 3.42. The summed E-state index contributed by atoms with van der Waals surface area (Å²) in [6.45, 7) is 0.368. The summed E-state index contributed by atoms with van der Waals surface area (Å²) in [5, 5.41) is 17.4. The molecule has 0 fully saturated rings. The molecule has 2 atom stereocenters. The largest absolute Gasteiger partial charge is 0.481 e. The highest BCUT2D eigenvalue weighted by atomic mass is 16.5. The van der Waals surface area contributed by atoms with Crippen LogP contribution in [-0.2, 0) is 38.6 Å². The summed E-state index contributed by atoms with van der Waals surface area (Å²) in [6, 6.07) is 22.7. The van der Waals surface area contributed by atoms with Crippen LogP contribution in [0.3, 0.4) is 0 Å². The second-order valence-electron chi connectivity index (χ2n) is 9.65. The predicted molar refractivity (Wildman–Crippen MR) is 151 cm³/mol. The van der Waals surface area contributed by atoms with Crippen molar-refractivity contribution in [3.05, 3.63) is 95.6 Å². The van der Waals surface area contributed by atoms with Gasteiger partial charge in [-0.25, -0.2) is 4.79 Å². The van der Waals surface area contributed by atoms with E-state index in [9.17, 15) is 19.2 Å². The summed E-state index contributed by atoms with van der Waals surface area (Å²) >= 11 is 0. The number of anilines is 1. The smallest absolute Gasteiger partial charge is 0.407 e. The van der Waals surface area contributed by atoms with Crippen molar-refractivity contribution < 1.29 is 33.8 Å². The number of ether oxygens (including phenoxy) is 2. The highest BCUT2D eigenvalue weighted by Gasteiger charge is 2.32. The lowest BCUT2D eigenvalue weighted by molar-refractivity contribution is -0.137. The van der Waals surface area contributed by atoms with Crippen LogP contribution < -0.4 is 20.7 Å². The minimum atomic E-state index is -0.941. The summed E-state index contributed by atoms with van der Waals surface area (Å²) in [4.78, 5) is 49.6. The molecule has 3 aromatic carbocycles. The molecule has 4 N–H and O–H groups in total. The van der Waals surface area contributed by atoms with Crippen molar-refractivity contribution in [3.8, 4) is 5.75 Å². The minimum absolute atomic E-state index is 0.0847. The molecule has 0 saturated carbocycles. The van der Waals surface area contributed by atoms with Crippen LogP contribution in [0, 0.1) is 0 Å². The number of carboxylic acid groups (broad SMARTS) is 1. The monoisotopic (exact) mass is 559 g/mol. The van der Waals surface area contributed by atoms with Gasteiger partial charge in [-0.05, 0) is 48.1 Å². The number of carbonyl (C=O) groups excluding carboxylic acids is 3. The summed E-state index contributed by atoms with van der Waals surface area (Å²) < 4.78 is 11.0. The number of hydrogen-bond donors (Lipinski definition) is 4. The zero-order valence-electron chi connectivity index (χ0n) is 22.5. The summed E-state index contributed by atoms with van der Waals surface area (Å²) in [6.07, 6.45) is -0.188. The Morgan fingerprint density at radius 1 is 0.951 bits per heavy atom. The van der Waals surface area contributed by atoms with Crippen molar-refractivity contribution in [2.24, 2.45) is 0 Å². The van der Waals surface area contributed by atoms with Crippen molar-refractivity contribution >= 4 is 29.6 Å². The maximum absolute atomic E-state index is 13.4. The van der Waals surface area contributed by atoms with Crippen LogP contribution in [0.25, 0.3) is 0 Å². The van der Waals surface area contributed by atoms with Crippen molar-refractivity contribution in [3.63, 3.8) is 0 Å². The number of carbonyl (C=O) groups is 4. The van der Waals surface area contributed by atoms with E-state index in [-0.39, 0.29) is 32.4 Å². The van der Waals surface area contributed by atoms with E-state index in [4.69, 9.17) is 14.6 Å². The number of benzene rings is 3. The van der Waals surface area contributed by atoms with Crippen molar-refractivity contribution in [2.45, 2.75) is 50.9 Å². The Morgan fingerprint density at radius 3 is 2.46 bits per heavy atom. The van der Waals surface area contributed by atoms with E-state index in [0.29, 0.717) is 29.8 Å². The summed E-state index contributed by atoms with van der Waals surface area (Å²) in [7, 11) is 0. The van der Waals surface area contributed by atoms with Crippen LogP contribution in [0.15, 0.2) is 78.9 Å². The lowest BCUT2D eigenvalue weighted by Gasteiger charge is -2.21. The fraction of sp³-hybridized carbons (Fsp3) is 0.290. The van der Waals surface area contributed by atoms with Crippen LogP contribution in [0.1, 0.15) is 36.0 Å². The van der Waals surface area contributed by atoms with Gasteiger partial charge in [-0.2, -0.15) is 0 Å². The number of rotatable bonds is 13. The van der Waals surface area contributed by atoms with Gasteiger partial charge in [0, 0.05) is 25.1 Å². The zero-order valence-corrected chi connectivity index (χ0v) is 22.5. The molecule has 3 aromatic rings. The Labute approximate surface area is 238 Å². The summed E-state index contributed by atoms with van der Waals surface area (Å²) in [5.74, 6) is -1.18. The fourth-order valence-electron chi connectivity index (χ4n) is 4.45. The number of aliphatic carboxylic acids is 1. The maximum Gasteiger partial charge on any atom is 0.407 e. The van der Waals surface area contributed by atoms with Gasteiger partial charge in [-0.15, -0.1) is 0 Å². The molecule has 1 aliphatic heterocycles. The molecule has 41 heavy (non-hydrogen) atoms. The van der Waals surface area contributed by atoms with Gasteiger partial charge in [0.25, 0.3) is 5.91 Å². The molecular formula is C31H33N3O7. The Balaban J connectivity index is 1.35. The van der Waals surface area contributed by atoms with Crippen LogP contribution in [0.4, 0.5) is 10.5 Å². The first-order valence-corrected chi connectivity index (χ1v) is 13.5. The predicted octanol–water partition coefficient (Wildman–Crippen LogP) is 3.84. The second-order valence-corrected chi connectivity index (χ2v) is 9.65. The van der Waals surface area contributed by atoms with Gasteiger partial charge in [-0.3, -0.25) is 14.4 Å². The van der Waals surface area contributed by atoms with E-state index < -0.39 is 36.0 Å². The van der Waals surface area contributed by atoms with E-state index in [1.807, 2.05) is 48.5 Å². The number of para-hydroxylation sites is 2. The number of alkyl carbamates (subject to hydrolysis) is 1. The molecule has 0 radical (unpaired) electrons. The number of fused-ring (bicyclic) bond motifs is 1. The molecule has 0 saturated heterocycles. The normalized spacial score (nSPS) is 14.2. The summed E-state index contributed by atoms with van der Waals surface area (Å²) in [5.41, 5.74) is 2.93. The molecule has 0 aliphatic carbocycles. The van der Waals surface area contributed by atoms with Gasteiger partial charge in [0.15, 0.2) is 6.10 Å². The van der Waals surface area contributed by atoms with Crippen molar-refractivity contribution in [1.29, 1.82) is 0 Å². The van der Waals surface area contributed by atoms with Crippen LogP contribution in [0.5, 0.6) is 5.75 Å². The fourth-order valence-corrected chi connectivity index (χ4v) is 4.45. The van der Waals surface area contributed by atoms with E-state index in [1.54, 1.807) is 30.3 Å². The van der Waals surface area contributed by atoms with E-state index in [2.05, 4.69) is 16.0 Å². The van der Waals surface area contributed by atoms with Gasteiger partial charge in [0.2, 0.25) is 5.91 Å². The number of aryl methyl sites for hydroxylation is 1.